The monoisotopic (exact) mass is 310 g/mol. The topological polar surface area (TPSA) is 86.7 Å². The van der Waals surface area contributed by atoms with Crippen molar-refractivity contribution in [2.45, 2.75) is 20.3 Å². The molecule has 1 aliphatic heterocycles. The van der Waals surface area contributed by atoms with Gasteiger partial charge >= 0.3 is 5.97 Å². The lowest BCUT2D eigenvalue weighted by molar-refractivity contribution is -0.128. The normalized spacial score (nSPS) is 18.3. The number of anilines is 1. The summed E-state index contributed by atoms with van der Waals surface area (Å²) in [6.45, 7) is 5.08. The molecule has 0 saturated carbocycles. The van der Waals surface area contributed by atoms with Gasteiger partial charge in [0.1, 0.15) is 4.88 Å². The molecule has 6 nitrogen and oxygen atoms in total. The number of carbonyl (C=O) groups is 3. The molecule has 0 bridgehead atoms. The summed E-state index contributed by atoms with van der Waals surface area (Å²) < 4.78 is 0. The van der Waals surface area contributed by atoms with Crippen molar-refractivity contribution < 1.29 is 19.5 Å². The number of aromatic carboxylic acids is 1. The van der Waals surface area contributed by atoms with Crippen LogP contribution < -0.4 is 5.32 Å². The molecule has 1 aromatic heterocycles. The highest BCUT2D eigenvalue weighted by Gasteiger charge is 2.34. The quantitative estimate of drug-likeness (QED) is 0.869. The zero-order chi connectivity index (χ0) is 15.6. The minimum absolute atomic E-state index is 0.0207. The van der Waals surface area contributed by atoms with Crippen molar-refractivity contribution in [1.29, 1.82) is 0 Å². The first kappa shape index (κ1) is 15.5. The van der Waals surface area contributed by atoms with Gasteiger partial charge in [0, 0.05) is 19.5 Å². The molecule has 1 unspecified atom stereocenters. The zero-order valence-electron chi connectivity index (χ0n) is 12.0. The second-order valence-electron chi connectivity index (χ2n) is 5.55. The summed E-state index contributed by atoms with van der Waals surface area (Å²) in [5.74, 6) is -1.45. The predicted octanol–water partition coefficient (Wildman–Crippen LogP) is 1.89. The SMILES string of the molecule is CC(C)CN1CC(C(=O)Nc2ccsc2C(=O)O)CC1=O. The predicted molar refractivity (Wildman–Crippen MR) is 79.4 cm³/mol. The Morgan fingerprint density at radius 3 is 2.86 bits per heavy atom. The molecular formula is C14H18N2O4S. The van der Waals surface area contributed by atoms with Gasteiger partial charge in [0.15, 0.2) is 0 Å². The minimum Gasteiger partial charge on any atom is -0.477 e. The zero-order valence-corrected chi connectivity index (χ0v) is 12.8. The fourth-order valence-corrected chi connectivity index (χ4v) is 3.06. The maximum Gasteiger partial charge on any atom is 0.348 e. The molecule has 1 fully saturated rings. The average Bonchev–Trinajstić information content (AvgIpc) is 2.96. The average molecular weight is 310 g/mol. The van der Waals surface area contributed by atoms with Crippen molar-refractivity contribution in [3.63, 3.8) is 0 Å². The van der Waals surface area contributed by atoms with Gasteiger partial charge in [0.25, 0.3) is 0 Å². The number of rotatable bonds is 5. The van der Waals surface area contributed by atoms with E-state index in [4.69, 9.17) is 5.11 Å². The van der Waals surface area contributed by atoms with Gasteiger partial charge in [-0.1, -0.05) is 13.8 Å². The van der Waals surface area contributed by atoms with Crippen molar-refractivity contribution in [3.8, 4) is 0 Å². The third-order valence-electron chi connectivity index (χ3n) is 3.29. The summed E-state index contributed by atoms with van der Waals surface area (Å²) in [6.07, 6.45) is 0.186. The summed E-state index contributed by atoms with van der Waals surface area (Å²) in [5, 5.41) is 13.2. The van der Waals surface area contributed by atoms with E-state index in [1.54, 1.807) is 16.3 Å². The number of thiophene rings is 1. The Labute approximate surface area is 126 Å². The highest BCUT2D eigenvalue weighted by molar-refractivity contribution is 7.12. The number of nitrogens with zero attached hydrogens (tertiary/aromatic N) is 1. The van der Waals surface area contributed by atoms with E-state index in [2.05, 4.69) is 5.32 Å². The molecule has 1 aromatic rings. The molecule has 7 heteroatoms. The van der Waals surface area contributed by atoms with Gasteiger partial charge in [-0.25, -0.2) is 4.79 Å². The van der Waals surface area contributed by atoms with E-state index in [1.807, 2.05) is 13.8 Å². The van der Waals surface area contributed by atoms with E-state index in [0.717, 1.165) is 11.3 Å². The van der Waals surface area contributed by atoms with Crippen LogP contribution >= 0.6 is 11.3 Å². The van der Waals surface area contributed by atoms with E-state index < -0.39 is 11.9 Å². The van der Waals surface area contributed by atoms with Crippen molar-refractivity contribution in [3.05, 3.63) is 16.3 Å². The molecule has 2 heterocycles. The highest BCUT2D eigenvalue weighted by Crippen LogP contribution is 2.25. The van der Waals surface area contributed by atoms with E-state index in [1.165, 1.54) is 0 Å². The summed E-state index contributed by atoms with van der Waals surface area (Å²) in [7, 11) is 0. The highest BCUT2D eigenvalue weighted by atomic mass is 32.1. The number of amides is 2. The molecule has 21 heavy (non-hydrogen) atoms. The number of hydrogen-bond donors (Lipinski definition) is 2. The molecule has 2 amide bonds. The van der Waals surface area contributed by atoms with Gasteiger partial charge in [0.2, 0.25) is 11.8 Å². The molecule has 114 valence electrons. The minimum atomic E-state index is -1.07. The number of carboxylic acid groups (broad SMARTS) is 1. The first-order valence-corrected chi connectivity index (χ1v) is 7.66. The fraction of sp³-hybridized carbons (Fsp3) is 0.500. The van der Waals surface area contributed by atoms with Gasteiger partial charge in [-0.2, -0.15) is 0 Å². The number of carbonyl (C=O) groups excluding carboxylic acids is 2. The van der Waals surface area contributed by atoms with Gasteiger partial charge in [-0.15, -0.1) is 11.3 Å². The summed E-state index contributed by atoms with van der Waals surface area (Å²) >= 11 is 1.06. The molecule has 2 N–H and O–H groups in total. The molecule has 0 aromatic carbocycles. The largest absolute Gasteiger partial charge is 0.477 e. The van der Waals surface area contributed by atoms with Crippen molar-refractivity contribution in [2.75, 3.05) is 18.4 Å². The summed E-state index contributed by atoms with van der Waals surface area (Å²) in [5.41, 5.74) is 0.298. The van der Waals surface area contributed by atoms with Crippen LogP contribution in [0.4, 0.5) is 5.69 Å². The van der Waals surface area contributed by atoms with Gasteiger partial charge in [0.05, 0.1) is 11.6 Å². The Kier molecular flexibility index (Phi) is 4.62. The van der Waals surface area contributed by atoms with E-state index in [9.17, 15) is 14.4 Å². The van der Waals surface area contributed by atoms with Crippen LogP contribution in [0.1, 0.15) is 29.9 Å². The van der Waals surface area contributed by atoms with Crippen molar-refractivity contribution in [1.82, 2.24) is 4.90 Å². The Morgan fingerprint density at radius 1 is 1.52 bits per heavy atom. The van der Waals surface area contributed by atoms with Crippen LogP contribution in [-0.2, 0) is 9.59 Å². The number of likely N-dealkylation sites (tertiary alicyclic amines) is 1. The second kappa shape index (κ2) is 6.26. The number of hydrogen-bond acceptors (Lipinski definition) is 4. The smallest absolute Gasteiger partial charge is 0.348 e. The molecule has 0 radical (unpaired) electrons. The molecule has 0 aliphatic carbocycles. The van der Waals surface area contributed by atoms with E-state index in [0.29, 0.717) is 24.7 Å². The number of nitrogens with one attached hydrogen (secondary N) is 1. The fourth-order valence-electron chi connectivity index (χ4n) is 2.37. The lowest BCUT2D eigenvalue weighted by atomic mass is 10.1. The van der Waals surface area contributed by atoms with Crippen LogP contribution in [0.3, 0.4) is 0 Å². The van der Waals surface area contributed by atoms with Gasteiger partial charge in [-0.3, -0.25) is 9.59 Å². The molecule has 1 saturated heterocycles. The Morgan fingerprint density at radius 2 is 2.24 bits per heavy atom. The molecule has 1 atom stereocenters. The molecule has 2 rings (SSSR count). The van der Waals surface area contributed by atoms with Crippen LogP contribution in [0.25, 0.3) is 0 Å². The van der Waals surface area contributed by atoms with Crippen LogP contribution in [0.15, 0.2) is 11.4 Å². The molecular weight excluding hydrogens is 292 g/mol. The molecule has 0 spiro atoms. The first-order valence-electron chi connectivity index (χ1n) is 6.78. The third kappa shape index (κ3) is 3.60. The lowest BCUT2D eigenvalue weighted by Gasteiger charge is -2.18. The van der Waals surface area contributed by atoms with Crippen LogP contribution in [-0.4, -0.2) is 40.9 Å². The third-order valence-corrected chi connectivity index (χ3v) is 4.19. The van der Waals surface area contributed by atoms with Gasteiger partial charge < -0.3 is 15.3 Å². The van der Waals surface area contributed by atoms with Crippen molar-refractivity contribution >= 4 is 34.8 Å². The maximum atomic E-state index is 12.2. The first-order chi connectivity index (χ1) is 9.88. The van der Waals surface area contributed by atoms with E-state index in [-0.39, 0.29) is 23.1 Å². The summed E-state index contributed by atoms with van der Waals surface area (Å²) in [4.78, 5) is 36.8. The van der Waals surface area contributed by atoms with Crippen molar-refractivity contribution in [2.24, 2.45) is 11.8 Å². The van der Waals surface area contributed by atoms with Crippen LogP contribution in [0.2, 0.25) is 0 Å². The second-order valence-corrected chi connectivity index (χ2v) is 6.47. The lowest BCUT2D eigenvalue weighted by Crippen LogP contribution is -2.31. The number of carboxylic acids is 1. The standard InChI is InChI=1S/C14H18N2O4S/c1-8(2)6-16-7-9(5-11(16)17)13(18)15-10-3-4-21-12(10)14(19)20/h3-4,8-9H,5-7H2,1-2H3,(H,15,18)(H,19,20). The van der Waals surface area contributed by atoms with E-state index >= 15 is 0 Å². The van der Waals surface area contributed by atoms with Crippen LogP contribution in [0, 0.1) is 11.8 Å². The Balaban J connectivity index is 2.00. The maximum absolute atomic E-state index is 12.2. The Bertz CT molecular complexity index is 567. The van der Waals surface area contributed by atoms with Gasteiger partial charge in [-0.05, 0) is 17.4 Å². The van der Waals surface area contributed by atoms with Crippen LogP contribution in [0.5, 0.6) is 0 Å². The Hall–Kier alpha value is -1.89. The molecule has 1 aliphatic rings. The summed E-state index contributed by atoms with van der Waals surface area (Å²) in [6, 6.07) is 1.56.